The number of carbonyl (C=O) groups excluding carboxylic acids is 2. The van der Waals surface area contributed by atoms with E-state index in [-0.39, 0.29) is 18.0 Å². The fourth-order valence-corrected chi connectivity index (χ4v) is 4.31. The first kappa shape index (κ1) is 31.2. The fraction of sp³-hybridized carbons (Fsp3) is 0.742. The summed E-state index contributed by atoms with van der Waals surface area (Å²) in [7, 11) is 0. The molecule has 200 valence electrons. The standard InChI is InChI=1S/C31H52O4/c1-4-6-8-9-10-11-12-13-14-15-16-17-18-20-25-34-30(32)28-23-21-24-29(26-28)31(33)35-27(3)22-19-7-5-2/h21,23-24,26-27H,4-20,22,25H2,1-3H3. The molecule has 1 aromatic carbocycles. The van der Waals surface area contributed by atoms with Gasteiger partial charge in [-0.3, -0.25) is 0 Å². The third-order valence-corrected chi connectivity index (χ3v) is 6.59. The Hall–Kier alpha value is -1.84. The van der Waals surface area contributed by atoms with E-state index in [4.69, 9.17) is 9.47 Å². The van der Waals surface area contributed by atoms with Crippen molar-refractivity contribution in [3.05, 3.63) is 35.4 Å². The second-order valence-electron chi connectivity index (χ2n) is 10.0. The van der Waals surface area contributed by atoms with E-state index < -0.39 is 0 Å². The zero-order valence-electron chi connectivity index (χ0n) is 23.0. The smallest absolute Gasteiger partial charge is 0.338 e. The Morgan fingerprint density at radius 3 is 1.66 bits per heavy atom. The van der Waals surface area contributed by atoms with Gasteiger partial charge < -0.3 is 9.47 Å². The highest BCUT2D eigenvalue weighted by atomic mass is 16.5. The van der Waals surface area contributed by atoms with Crippen molar-refractivity contribution in [3.63, 3.8) is 0 Å². The van der Waals surface area contributed by atoms with Crippen LogP contribution in [0.1, 0.15) is 157 Å². The van der Waals surface area contributed by atoms with Crippen molar-refractivity contribution in [1.29, 1.82) is 0 Å². The summed E-state index contributed by atoms with van der Waals surface area (Å²) >= 11 is 0. The van der Waals surface area contributed by atoms with Gasteiger partial charge in [0.15, 0.2) is 0 Å². The molecule has 4 nitrogen and oxygen atoms in total. The first-order chi connectivity index (χ1) is 17.1. The van der Waals surface area contributed by atoms with Crippen molar-refractivity contribution in [3.8, 4) is 0 Å². The third kappa shape index (κ3) is 16.5. The van der Waals surface area contributed by atoms with Crippen LogP contribution in [0.5, 0.6) is 0 Å². The molecule has 0 amide bonds. The summed E-state index contributed by atoms with van der Waals surface area (Å²) in [5, 5.41) is 0. The monoisotopic (exact) mass is 488 g/mol. The van der Waals surface area contributed by atoms with Gasteiger partial charge in [0.2, 0.25) is 0 Å². The SMILES string of the molecule is CCCCCCCCCCCCCCCCOC(=O)c1cccc(C(=O)OC(C)CCCCC)c1. The van der Waals surface area contributed by atoms with Gasteiger partial charge in [-0.2, -0.15) is 0 Å². The zero-order valence-corrected chi connectivity index (χ0v) is 23.0. The van der Waals surface area contributed by atoms with E-state index in [0.717, 1.165) is 38.5 Å². The lowest BCUT2D eigenvalue weighted by atomic mass is 10.0. The number of unbranched alkanes of at least 4 members (excludes halogenated alkanes) is 15. The van der Waals surface area contributed by atoms with Gasteiger partial charge in [0.1, 0.15) is 0 Å². The maximum absolute atomic E-state index is 12.4. The average Bonchev–Trinajstić information content (AvgIpc) is 2.86. The lowest BCUT2D eigenvalue weighted by Gasteiger charge is -2.13. The van der Waals surface area contributed by atoms with E-state index in [0.29, 0.717) is 17.7 Å². The summed E-state index contributed by atoms with van der Waals surface area (Å²) in [5.41, 5.74) is 0.807. The molecule has 0 N–H and O–H groups in total. The zero-order chi connectivity index (χ0) is 25.6. The van der Waals surface area contributed by atoms with Crippen LogP contribution in [0.4, 0.5) is 0 Å². The molecule has 0 saturated heterocycles. The molecule has 4 heteroatoms. The third-order valence-electron chi connectivity index (χ3n) is 6.59. The Balaban J connectivity index is 2.10. The lowest BCUT2D eigenvalue weighted by Crippen LogP contribution is -2.16. The molecule has 0 spiro atoms. The molecule has 0 saturated carbocycles. The number of esters is 2. The lowest BCUT2D eigenvalue weighted by molar-refractivity contribution is 0.0319. The Morgan fingerprint density at radius 1 is 0.657 bits per heavy atom. The van der Waals surface area contributed by atoms with Crippen molar-refractivity contribution in [1.82, 2.24) is 0 Å². The van der Waals surface area contributed by atoms with Crippen LogP contribution in [-0.2, 0) is 9.47 Å². The molecule has 0 aliphatic rings. The minimum absolute atomic E-state index is 0.120. The van der Waals surface area contributed by atoms with E-state index in [1.165, 1.54) is 77.0 Å². The summed E-state index contributed by atoms with van der Waals surface area (Å²) in [5.74, 6) is -0.749. The van der Waals surface area contributed by atoms with Crippen LogP contribution in [0.25, 0.3) is 0 Å². The molecule has 0 radical (unpaired) electrons. The minimum atomic E-state index is -0.379. The number of hydrogen-bond acceptors (Lipinski definition) is 4. The summed E-state index contributed by atoms with van der Waals surface area (Å²) in [6, 6.07) is 6.66. The van der Waals surface area contributed by atoms with Gasteiger partial charge in [0.25, 0.3) is 0 Å². The molecule has 0 heterocycles. The van der Waals surface area contributed by atoms with Gasteiger partial charge >= 0.3 is 11.9 Å². The van der Waals surface area contributed by atoms with Crippen molar-refractivity contribution in [2.75, 3.05) is 6.61 Å². The van der Waals surface area contributed by atoms with Crippen molar-refractivity contribution < 1.29 is 19.1 Å². The van der Waals surface area contributed by atoms with E-state index in [1.54, 1.807) is 24.3 Å². The molecule has 1 unspecified atom stereocenters. The van der Waals surface area contributed by atoms with Gasteiger partial charge in [-0.1, -0.05) is 116 Å². The summed E-state index contributed by atoms with van der Waals surface area (Å²) < 4.78 is 10.9. The van der Waals surface area contributed by atoms with Crippen LogP contribution in [0, 0.1) is 0 Å². The van der Waals surface area contributed by atoms with Crippen LogP contribution < -0.4 is 0 Å². The largest absolute Gasteiger partial charge is 0.462 e. The molecule has 35 heavy (non-hydrogen) atoms. The van der Waals surface area contributed by atoms with Gasteiger partial charge in [-0.25, -0.2) is 9.59 Å². The topological polar surface area (TPSA) is 52.6 Å². The molecule has 0 aromatic heterocycles. The van der Waals surface area contributed by atoms with Gasteiger partial charge in [-0.15, -0.1) is 0 Å². The van der Waals surface area contributed by atoms with Crippen molar-refractivity contribution in [2.45, 2.75) is 142 Å². The van der Waals surface area contributed by atoms with E-state index in [1.807, 2.05) is 6.92 Å². The number of carbonyl (C=O) groups is 2. The molecule has 1 aromatic rings. The number of hydrogen-bond donors (Lipinski definition) is 0. The second kappa shape index (κ2) is 21.4. The highest BCUT2D eigenvalue weighted by molar-refractivity contribution is 5.95. The highest BCUT2D eigenvalue weighted by Gasteiger charge is 2.15. The van der Waals surface area contributed by atoms with Crippen LogP contribution in [0.15, 0.2) is 24.3 Å². The normalized spacial score (nSPS) is 11.9. The van der Waals surface area contributed by atoms with E-state index >= 15 is 0 Å². The van der Waals surface area contributed by atoms with Gasteiger partial charge in [0.05, 0.1) is 23.8 Å². The predicted octanol–water partition coefficient (Wildman–Crippen LogP) is 9.45. The molecule has 1 atom stereocenters. The average molecular weight is 489 g/mol. The summed E-state index contributed by atoms with van der Waals surface area (Å²) in [4.78, 5) is 24.8. The Bertz CT molecular complexity index is 670. The first-order valence-corrected chi connectivity index (χ1v) is 14.6. The van der Waals surface area contributed by atoms with Gasteiger partial charge in [-0.05, 0) is 44.4 Å². The predicted molar refractivity (Wildman–Crippen MR) is 146 cm³/mol. The Labute approximate surface area is 215 Å². The Kier molecular flexibility index (Phi) is 19.1. The van der Waals surface area contributed by atoms with Crippen molar-refractivity contribution >= 4 is 11.9 Å². The molecule has 0 aliphatic carbocycles. The quantitative estimate of drug-likeness (QED) is 0.120. The Morgan fingerprint density at radius 2 is 1.11 bits per heavy atom. The van der Waals surface area contributed by atoms with E-state index in [9.17, 15) is 9.59 Å². The van der Waals surface area contributed by atoms with Crippen molar-refractivity contribution in [2.24, 2.45) is 0 Å². The molecule has 0 fully saturated rings. The van der Waals surface area contributed by atoms with Crippen LogP contribution in [-0.4, -0.2) is 24.6 Å². The number of ether oxygens (including phenoxy) is 2. The molecule has 1 rings (SSSR count). The molecule has 0 bridgehead atoms. The van der Waals surface area contributed by atoms with Crippen LogP contribution in [0.3, 0.4) is 0 Å². The summed E-state index contributed by atoms with van der Waals surface area (Å²) in [6.45, 7) is 6.77. The maximum Gasteiger partial charge on any atom is 0.338 e. The highest BCUT2D eigenvalue weighted by Crippen LogP contribution is 2.14. The molecule has 0 aliphatic heterocycles. The number of rotatable bonds is 22. The van der Waals surface area contributed by atoms with Crippen LogP contribution in [0.2, 0.25) is 0 Å². The van der Waals surface area contributed by atoms with E-state index in [2.05, 4.69) is 13.8 Å². The fourth-order valence-electron chi connectivity index (χ4n) is 4.31. The maximum atomic E-state index is 12.4. The van der Waals surface area contributed by atoms with Gasteiger partial charge in [0, 0.05) is 0 Å². The second-order valence-corrected chi connectivity index (χ2v) is 10.0. The molecular weight excluding hydrogens is 436 g/mol. The minimum Gasteiger partial charge on any atom is -0.462 e. The first-order valence-electron chi connectivity index (χ1n) is 14.6. The number of benzene rings is 1. The van der Waals surface area contributed by atoms with Crippen LogP contribution >= 0.6 is 0 Å². The summed E-state index contributed by atoms with van der Waals surface area (Å²) in [6.07, 6.45) is 22.3. The molecular formula is C31H52O4.